The molecule has 0 amide bonds. The fourth-order valence-electron chi connectivity index (χ4n) is 3.42. The normalized spacial score (nSPS) is 18.4. The van der Waals surface area contributed by atoms with E-state index in [0.717, 1.165) is 53.9 Å². The first-order valence-corrected chi connectivity index (χ1v) is 8.54. The number of aryl methyl sites for hydroxylation is 2. The summed E-state index contributed by atoms with van der Waals surface area (Å²) in [6, 6.07) is 6.10. The van der Waals surface area contributed by atoms with Gasteiger partial charge in [0.05, 0.1) is 23.6 Å². The summed E-state index contributed by atoms with van der Waals surface area (Å²) in [7, 11) is 4.10. The Kier molecular flexibility index (Phi) is 5.34. The number of benzene rings is 1. The molecule has 1 aliphatic heterocycles. The lowest BCUT2D eigenvalue weighted by molar-refractivity contribution is 0.140. The van der Waals surface area contributed by atoms with Crippen LogP contribution in [0.3, 0.4) is 0 Å². The van der Waals surface area contributed by atoms with Crippen molar-refractivity contribution in [3.8, 4) is 0 Å². The quantitative estimate of drug-likeness (QED) is 0.758. The van der Waals surface area contributed by atoms with Crippen molar-refractivity contribution in [1.29, 1.82) is 0 Å². The number of nitrogens with zero attached hydrogens (tertiary/aromatic N) is 5. The van der Waals surface area contributed by atoms with E-state index in [1.807, 2.05) is 37.6 Å². The van der Waals surface area contributed by atoms with Crippen LogP contribution in [0.1, 0.15) is 17.7 Å². The average Bonchev–Trinajstić information content (AvgIpc) is 3.13. The minimum absolute atomic E-state index is 0. The highest BCUT2D eigenvalue weighted by atomic mass is 35.5. The zero-order valence-corrected chi connectivity index (χ0v) is 15.9. The number of hydrogen-bond donors (Lipinski definition) is 1. The first kappa shape index (κ1) is 18.2. The highest BCUT2D eigenvalue weighted by Gasteiger charge is 2.27. The molecule has 4 rings (SSSR count). The lowest BCUT2D eigenvalue weighted by Crippen LogP contribution is -2.46. The molecule has 1 saturated heterocycles. The molecule has 1 unspecified atom stereocenters. The first-order valence-electron chi connectivity index (χ1n) is 8.16. The van der Waals surface area contributed by atoms with Gasteiger partial charge in [-0.2, -0.15) is 0 Å². The molecule has 0 spiro atoms. The third-order valence-corrected chi connectivity index (χ3v) is 5.03. The Balaban J connectivity index is 0.00000182. The van der Waals surface area contributed by atoms with Crippen LogP contribution in [0.15, 0.2) is 30.6 Å². The molecule has 1 N–H and O–H groups in total. The summed E-state index contributed by atoms with van der Waals surface area (Å²) in [4.78, 5) is 11.8. The maximum atomic E-state index is 6.13. The Hall–Kier alpha value is -1.60. The van der Waals surface area contributed by atoms with E-state index in [4.69, 9.17) is 16.6 Å². The summed E-state index contributed by atoms with van der Waals surface area (Å²) >= 11 is 6.13. The van der Waals surface area contributed by atoms with E-state index < -0.39 is 0 Å². The molecular weight excluding hydrogens is 359 g/mol. The summed E-state index contributed by atoms with van der Waals surface area (Å²) in [5, 5.41) is 4.22. The third kappa shape index (κ3) is 3.40. The SMILES string of the molecule is Cl.Cn1ccnc1C1CNCCN1Cc1nc2ccc(Cl)cc2n1C. The van der Waals surface area contributed by atoms with Gasteiger partial charge in [0.2, 0.25) is 0 Å². The van der Waals surface area contributed by atoms with Crippen LogP contribution >= 0.6 is 24.0 Å². The number of fused-ring (bicyclic) bond motifs is 1. The molecule has 0 saturated carbocycles. The van der Waals surface area contributed by atoms with Gasteiger partial charge >= 0.3 is 0 Å². The van der Waals surface area contributed by atoms with Gasteiger partial charge in [-0.25, -0.2) is 9.97 Å². The van der Waals surface area contributed by atoms with Gasteiger partial charge in [0.15, 0.2) is 0 Å². The fraction of sp³-hybridized carbons (Fsp3) is 0.412. The van der Waals surface area contributed by atoms with E-state index >= 15 is 0 Å². The molecule has 0 aliphatic carbocycles. The molecule has 25 heavy (non-hydrogen) atoms. The number of halogens is 2. The van der Waals surface area contributed by atoms with Crippen LogP contribution in [0.25, 0.3) is 11.0 Å². The monoisotopic (exact) mass is 380 g/mol. The zero-order chi connectivity index (χ0) is 16.7. The van der Waals surface area contributed by atoms with Gasteiger partial charge in [-0.3, -0.25) is 4.90 Å². The Labute approximate surface area is 158 Å². The molecule has 0 radical (unpaired) electrons. The maximum absolute atomic E-state index is 6.13. The summed E-state index contributed by atoms with van der Waals surface area (Å²) < 4.78 is 4.23. The van der Waals surface area contributed by atoms with Crippen LogP contribution in [0, 0.1) is 0 Å². The standard InChI is InChI=1S/C17H21ClN6.ClH/c1-22-7-6-20-17(22)15-10-19-5-8-24(15)11-16-21-13-4-3-12(18)9-14(13)23(16)2;/h3-4,6-7,9,15,19H,5,8,10-11H2,1-2H3;1H. The van der Waals surface area contributed by atoms with Crippen LogP contribution < -0.4 is 5.32 Å². The molecule has 6 nitrogen and oxygen atoms in total. The van der Waals surface area contributed by atoms with Crippen LogP contribution in [0.4, 0.5) is 0 Å². The van der Waals surface area contributed by atoms with Crippen LogP contribution in [0.2, 0.25) is 5.02 Å². The number of piperazine rings is 1. The first-order chi connectivity index (χ1) is 11.6. The van der Waals surface area contributed by atoms with Crippen molar-refractivity contribution in [3.63, 3.8) is 0 Å². The molecule has 1 aromatic carbocycles. The van der Waals surface area contributed by atoms with E-state index in [-0.39, 0.29) is 18.4 Å². The minimum atomic E-state index is 0. The molecule has 1 fully saturated rings. The highest BCUT2D eigenvalue weighted by Crippen LogP contribution is 2.25. The molecule has 3 aromatic rings. The van der Waals surface area contributed by atoms with E-state index in [9.17, 15) is 0 Å². The van der Waals surface area contributed by atoms with E-state index in [1.54, 1.807) is 0 Å². The van der Waals surface area contributed by atoms with Gasteiger partial charge in [0.25, 0.3) is 0 Å². The number of nitrogens with one attached hydrogen (secondary N) is 1. The van der Waals surface area contributed by atoms with Crippen molar-refractivity contribution in [2.75, 3.05) is 19.6 Å². The zero-order valence-electron chi connectivity index (χ0n) is 14.3. The van der Waals surface area contributed by atoms with Crippen molar-refractivity contribution in [3.05, 3.63) is 47.3 Å². The smallest absolute Gasteiger partial charge is 0.127 e. The average molecular weight is 381 g/mol. The molecule has 2 aromatic heterocycles. The van der Waals surface area contributed by atoms with Crippen LogP contribution in [0.5, 0.6) is 0 Å². The Morgan fingerprint density at radius 1 is 1.32 bits per heavy atom. The number of rotatable bonds is 3. The molecule has 134 valence electrons. The predicted molar refractivity (Wildman–Crippen MR) is 102 cm³/mol. The largest absolute Gasteiger partial charge is 0.337 e. The second-order valence-electron chi connectivity index (χ2n) is 6.31. The van der Waals surface area contributed by atoms with Crippen LogP contribution in [-0.4, -0.2) is 43.6 Å². The summed E-state index contributed by atoms with van der Waals surface area (Å²) in [6.45, 7) is 3.65. The summed E-state index contributed by atoms with van der Waals surface area (Å²) in [5.74, 6) is 2.14. The molecule has 0 bridgehead atoms. The van der Waals surface area contributed by atoms with Gasteiger partial charge in [-0.1, -0.05) is 11.6 Å². The molecule has 3 heterocycles. The molecular formula is C17H22Cl2N6. The highest BCUT2D eigenvalue weighted by molar-refractivity contribution is 6.31. The second kappa shape index (κ2) is 7.33. The van der Waals surface area contributed by atoms with Crippen molar-refractivity contribution in [2.45, 2.75) is 12.6 Å². The number of aromatic nitrogens is 4. The molecule has 8 heteroatoms. The minimum Gasteiger partial charge on any atom is -0.337 e. The predicted octanol–water partition coefficient (Wildman–Crippen LogP) is 2.53. The van der Waals surface area contributed by atoms with Gasteiger partial charge in [-0.15, -0.1) is 12.4 Å². The second-order valence-corrected chi connectivity index (χ2v) is 6.74. The van der Waals surface area contributed by atoms with Gasteiger partial charge in [0.1, 0.15) is 11.6 Å². The topological polar surface area (TPSA) is 50.9 Å². The van der Waals surface area contributed by atoms with Crippen molar-refractivity contribution >= 4 is 35.0 Å². The number of imidazole rings is 2. The Bertz CT molecular complexity index is 871. The Morgan fingerprint density at radius 3 is 2.92 bits per heavy atom. The van der Waals surface area contributed by atoms with Gasteiger partial charge < -0.3 is 14.5 Å². The number of hydrogen-bond acceptors (Lipinski definition) is 4. The van der Waals surface area contributed by atoms with Crippen LogP contribution in [-0.2, 0) is 20.6 Å². The van der Waals surface area contributed by atoms with E-state index in [0.29, 0.717) is 0 Å². The van der Waals surface area contributed by atoms with E-state index in [2.05, 4.69) is 31.4 Å². The Morgan fingerprint density at radius 2 is 2.16 bits per heavy atom. The molecule has 1 atom stereocenters. The summed E-state index contributed by atoms with van der Waals surface area (Å²) in [6.07, 6.45) is 3.86. The van der Waals surface area contributed by atoms with Crippen molar-refractivity contribution < 1.29 is 0 Å². The third-order valence-electron chi connectivity index (χ3n) is 4.79. The summed E-state index contributed by atoms with van der Waals surface area (Å²) in [5.41, 5.74) is 2.06. The fourth-order valence-corrected chi connectivity index (χ4v) is 3.59. The van der Waals surface area contributed by atoms with Crippen molar-refractivity contribution in [2.24, 2.45) is 14.1 Å². The van der Waals surface area contributed by atoms with E-state index in [1.165, 1.54) is 0 Å². The van der Waals surface area contributed by atoms with Crippen molar-refractivity contribution in [1.82, 2.24) is 29.3 Å². The van der Waals surface area contributed by atoms with Gasteiger partial charge in [0, 0.05) is 51.1 Å². The lowest BCUT2D eigenvalue weighted by Gasteiger charge is -2.35. The molecule has 1 aliphatic rings. The van der Waals surface area contributed by atoms with Gasteiger partial charge in [-0.05, 0) is 18.2 Å². The maximum Gasteiger partial charge on any atom is 0.127 e. The lowest BCUT2D eigenvalue weighted by atomic mass is 10.1.